The molecule has 1 saturated heterocycles. The van der Waals surface area contributed by atoms with Crippen molar-refractivity contribution in [2.24, 2.45) is 0 Å². The van der Waals surface area contributed by atoms with E-state index in [4.69, 9.17) is 0 Å². The normalized spacial score (nSPS) is 18.1. The first-order valence-electron chi connectivity index (χ1n) is 7.93. The van der Waals surface area contributed by atoms with Gasteiger partial charge in [0.2, 0.25) is 0 Å². The van der Waals surface area contributed by atoms with Crippen molar-refractivity contribution in [1.29, 1.82) is 0 Å². The lowest BCUT2D eigenvalue weighted by Gasteiger charge is -2.41. The molecular weight excluding hydrogens is 352 g/mol. The monoisotopic (exact) mass is 372 g/mol. The number of benzene rings is 2. The number of piperazine rings is 1. The SMILES string of the molecule is Cc1cccc(N2CCN(C(=O)c3ccccc3Br)C[C@@H]2C)c1. The van der Waals surface area contributed by atoms with Crippen LogP contribution < -0.4 is 4.90 Å². The molecule has 0 spiro atoms. The van der Waals surface area contributed by atoms with Crippen molar-refractivity contribution in [3.63, 3.8) is 0 Å². The molecule has 1 aliphatic rings. The molecule has 0 unspecified atom stereocenters. The van der Waals surface area contributed by atoms with Crippen LogP contribution in [-0.2, 0) is 0 Å². The van der Waals surface area contributed by atoms with Gasteiger partial charge in [-0.15, -0.1) is 0 Å². The van der Waals surface area contributed by atoms with Crippen molar-refractivity contribution in [3.8, 4) is 0 Å². The number of nitrogens with zero attached hydrogens (tertiary/aromatic N) is 2. The zero-order valence-corrected chi connectivity index (χ0v) is 15.1. The van der Waals surface area contributed by atoms with Gasteiger partial charge in [0.25, 0.3) is 5.91 Å². The molecule has 0 N–H and O–H groups in total. The van der Waals surface area contributed by atoms with Gasteiger partial charge in [0.05, 0.1) is 5.56 Å². The van der Waals surface area contributed by atoms with Gasteiger partial charge in [-0.25, -0.2) is 0 Å². The maximum absolute atomic E-state index is 12.7. The second-order valence-electron chi connectivity index (χ2n) is 6.11. The van der Waals surface area contributed by atoms with Crippen molar-refractivity contribution in [1.82, 2.24) is 4.90 Å². The Balaban J connectivity index is 1.74. The van der Waals surface area contributed by atoms with Crippen LogP contribution in [0.15, 0.2) is 53.0 Å². The molecule has 120 valence electrons. The molecule has 0 radical (unpaired) electrons. The molecule has 1 fully saturated rings. The molecule has 1 amide bonds. The molecule has 2 aromatic carbocycles. The van der Waals surface area contributed by atoms with Crippen molar-refractivity contribution < 1.29 is 4.79 Å². The predicted molar refractivity (Wildman–Crippen MR) is 98.0 cm³/mol. The number of hydrogen-bond acceptors (Lipinski definition) is 2. The summed E-state index contributed by atoms with van der Waals surface area (Å²) >= 11 is 3.48. The standard InChI is InChI=1S/C19H21BrN2O/c1-14-6-5-7-16(12-14)22-11-10-21(13-15(22)2)19(23)17-8-3-4-9-18(17)20/h3-9,12,15H,10-11,13H2,1-2H3/t15-/m0/s1. The van der Waals surface area contributed by atoms with Crippen LogP contribution in [0.1, 0.15) is 22.8 Å². The summed E-state index contributed by atoms with van der Waals surface area (Å²) in [6, 6.07) is 16.5. The van der Waals surface area contributed by atoms with Crippen LogP contribution in [0.4, 0.5) is 5.69 Å². The average molecular weight is 373 g/mol. The topological polar surface area (TPSA) is 23.6 Å². The summed E-state index contributed by atoms with van der Waals surface area (Å²) in [5.41, 5.74) is 3.25. The quantitative estimate of drug-likeness (QED) is 0.791. The van der Waals surface area contributed by atoms with Crippen LogP contribution in [0.3, 0.4) is 0 Å². The number of hydrogen-bond donors (Lipinski definition) is 0. The Hall–Kier alpha value is -1.81. The van der Waals surface area contributed by atoms with Gasteiger partial charge >= 0.3 is 0 Å². The van der Waals surface area contributed by atoms with Gasteiger partial charge in [-0.1, -0.05) is 24.3 Å². The molecule has 3 nitrogen and oxygen atoms in total. The van der Waals surface area contributed by atoms with Crippen LogP contribution in [-0.4, -0.2) is 36.5 Å². The minimum absolute atomic E-state index is 0.105. The summed E-state index contributed by atoms with van der Waals surface area (Å²) in [5, 5.41) is 0. The van der Waals surface area contributed by atoms with E-state index in [1.165, 1.54) is 11.3 Å². The number of anilines is 1. The Morgan fingerprint density at radius 1 is 1.13 bits per heavy atom. The third kappa shape index (κ3) is 3.42. The first kappa shape index (κ1) is 16.1. The molecule has 0 aliphatic carbocycles. The molecule has 2 aromatic rings. The Labute approximate surface area is 146 Å². The van der Waals surface area contributed by atoms with Crippen LogP contribution in [0, 0.1) is 6.92 Å². The molecule has 0 aromatic heterocycles. The van der Waals surface area contributed by atoms with E-state index in [1.54, 1.807) is 0 Å². The van der Waals surface area contributed by atoms with Crippen molar-refractivity contribution in [2.75, 3.05) is 24.5 Å². The van der Waals surface area contributed by atoms with Gasteiger partial charge < -0.3 is 9.80 Å². The third-order valence-electron chi connectivity index (χ3n) is 4.35. The van der Waals surface area contributed by atoms with E-state index in [9.17, 15) is 4.79 Å². The highest BCUT2D eigenvalue weighted by Crippen LogP contribution is 2.24. The Bertz CT molecular complexity index is 716. The molecule has 4 heteroatoms. The summed E-state index contributed by atoms with van der Waals surface area (Å²) in [6.45, 7) is 6.65. The van der Waals surface area contributed by atoms with Crippen molar-refractivity contribution >= 4 is 27.5 Å². The van der Waals surface area contributed by atoms with E-state index < -0.39 is 0 Å². The van der Waals surface area contributed by atoms with E-state index >= 15 is 0 Å². The smallest absolute Gasteiger partial charge is 0.255 e. The van der Waals surface area contributed by atoms with E-state index in [1.807, 2.05) is 29.2 Å². The highest BCUT2D eigenvalue weighted by molar-refractivity contribution is 9.10. The van der Waals surface area contributed by atoms with Gasteiger partial charge in [-0.3, -0.25) is 4.79 Å². The van der Waals surface area contributed by atoms with Gasteiger partial charge in [-0.05, 0) is 59.6 Å². The number of amides is 1. The summed E-state index contributed by atoms with van der Waals surface area (Å²) in [5.74, 6) is 0.105. The second kappa shape index (κ2) is 6.75. The lowest BCUT2D eigenvalue weighted by atomic mass is 10.1. The third-order valence-corrected chi connectivity index (χ3v) is 5.04. The zero-order chi connectivity index (χ0) is 16.4. The molecule has 0 bridgehead atoms. The summed E-state index contributed by atoms with van der Waals surface area (Å²) in [7, 11) is 0. The number of halogens is 1. The minimum atomic E-state index is 0.105. The van der Waals surface area contributed by atoms with E-state index in [0.29, 0.717) is 6.04 Å². The van der Waals surface area contributed by atoms with Gasteiger partial charge in [-0.2, -0.15) is 0 Å². The van der Waals surface area contributed by atoms with E-state index in [-0.39, 0.29) is 5.91 Å². The van der Waals surface area contributed by atoms with Crippen molar-refractivity contribution in [3.05, 3.63) is 64.1 Å². The minimum Gasteiger partial charge on any atom is -0.365 e. The highest BCUT2D eigenvalue weighted by atomic mass is 79.9. The fourth-order valence-corrected chi connectivity index (χ4v) is 3.59. The van der Waals surface area contributed by atoms with Crippen LogP contribution in [0.2, 0.25) is 0 Å². The molecule has 1 heterocycles. The summed E-state index contributed by atoms with van der Waals surface area (Å²) in [4.78, 5) is 17.1. The summed E-state index contributed by atoms with van der Waals surface area (Å²) in [6.07, 6.45) is 0. The Kier molecular flexibility index (Phi) is 4.71. The summed E-state index contributed by atoms with van der Waals surface area (Å²) < 4.78 is 0.860. The van der Waals surface area contributed by atoms with Crippen LogP contribution in [0.25, 0.3) is 0 Å². The fraction of sp³-hybridized carbons (Fsp3) is 0.316. The number of rotatable bonds is 2. The first-order chi connectivity index (χ1) is 11.1. The van der Waals surface area contributed by atoms with E-state index in [0.717, 1.165) is 29.7 Å². The van der Waals surface area contributed by atoms with Gasteiger partial charge in [0.1, 0.15) is 0 Å². The second-order valence-corrected chi connectivity index (χ2v) is 6.97. The maximum atomic E-state index is 12.7. The molecular formula is C19H21BrN2O. The molecule has 23 heavy (non-hydrogen) atoms. The van der Waals surface area contributed by atoms with Crippen LogP contribution in [0.5, 0.6) is 0 Å². The highest BCUT2D eigenvalue weighted by Gasteiger charge is 2.28. The number of carbonyl (C=O) groups excluding carboxylic acids is 1. The lowest BCUT2D eigenvalue weighted by molar-refractivity contribution is 0.0725. The largest absolute Gasteiger partial charge is 0.365 e. The van der Waals surface area contributed by atoms with Crippen LogP contribution >= 0.6 is 15.9 Å². The molecule has 0 saturated carbocycles. The van der Waals surface area contributed by atoms with Crippen molar-refractivity contribution in [2.45, 2.75) is 19.9 Å². The Morgan fingerprint density at radius 3 is 2.61 bits per heavy atom. The maximum Gasteiger partial charge on any atom is 0.255 e. The molecule has 3 rings (SSSR count). The average Bonchev–Trinajstić information content (AvgIpc) is 2.54. The Morgan fingerprint density at radius 2 is 1.91 bits per heavy atom. The fourth-order valence-electron chi connectivity index (χ4n) is 3.14. The first-order valence-corrected chi connectivity index (χ1v) is 8.72. The van der Waals surface area contributed by atoms with Gasteiger partial charge in [0.15, 0.2) is 0 Å². The van der Waals surface area contributed by atoms with E-state index in [2.05, 4.69) is 58.9 Å². The lowest BCUT2D eigenvalue weighted by Crippen LogP contribution is -2.53. The number of aryl methyl sites for hydroxylation is 1. The zero-order valence-electron chi connectivity index (χ0n) is 13.5. The molecule has 1 aliphatic heterocycles. The molecule has 1 atom stereocenters. The predicted octanol–water partition coefficient (Wildman–Crippen LogP) is 4.11. The number of carbonyl (C=O) groups is 1. The van der Waals surface area contributed by atoms with Gasteiger partial charge in [0, 0.05) is 35.8 Å².